The van der Waals surface area contributed by atoms with E-state index in [1.807, 2.05) is 0 Å². The predicted molar refractivity (Wildman–Crippen MR) is 11.8 cm³/mol. The molecule has 0 aliphatic heterocycles. The van der Waals surface area contributed by atoms with Gasteiger partial charge in [-0.25, -0.2) is 10.1 Å². The van der Waals surface area contributed by atoms with Crippen LogP contribution in [0.3, 0.4) is 0 Å². The van der Waals surface area contributed by atoms with Gasteiger partial charge in [-0.2, -0.15) is 0 Å². The quantitative estimate of drug-likeness (QED) is 0.239. The number of rotatable bonds is 2. The minimum atomic E-state index is 0. The van der Waals surface area contributed by atoms with E-state index in [1.165, 1.54) is 7.11 Å². The average Bonchev–Trinajstić information content (AvgIpc) is 1.41. The van der Waals surface area contributed by atoms with Crippen molar-refractivity contribution in [3.63, 3.8) is 0 Å². The summed E-state index contributed by atoms with van der Waals surface area (Å²) in [6.45, 7) is 0. The second kappa shape index (κ2) is 392. The molecule has 0 saturated carbocycles. The van der Waals surface area contributed by atoms with Crippen molar-refractivity contribution in [3.8, 4) is 0 Å². The SMILES string of the molecule is COOOO.[Fe].[Fe].[Fe].[Fe].[Fe].[Fe].[Fe].[Fe].[Fe].[Fe].[Fe].[Fe].[Fe].[Fe].[Fe].[Fe].[Fe].[Fe].[Fe].[Fe].[Fe].[Fe].[Fe].[Fe].[Fe].[Fe].[Fe].[Fe].[Fe].[Fe].[Fe].[Fe].[Fe].[Fe]. The summed E-state index contributed by atoms with van der Waals surface area (Å²) in [7, 11) is 1.20. The van der Waals surface area contributed by atoms with E-state index >= 15 is 0 Å². The predicted octanol–water partition coefficient (Wildman–Crippen LogP) is -0.116. The van der Waals surface area contributed by atoms with E-state index in [9.17, 15) is 0 Å². The van der Waals surface area contributed by atoms with Crippen LogP contribution in [-0.2, 0) is 595 Å². The van der Waals surface area contributed by atoms with Crippen molar-refractivity contribution in [2.24, 2.45) is 0 Å². The van der Waals surface area contributed by atoms with Crippen LogP contribution in [0.15, 0.2) is 0 Å². The van der Waals surface area contributed by atoms with E-state index in [0.717, 1.165) is 0 Å². The maximum atomic E-state index is 7.22. The molecule has 0 aliphatic rings. The van der Waals surface area contributed by atoms with E-state index in [1.54, 1.807) is 0 Å². The third kappa shape index (κ3) is 418. The van der Waals surface area contributed by atoms with Crippen LogP contribution in [0.25, 0.3) is 0 Å². The van der Waals surface area contributed by atoms with Crippen LogP contribution < -0.4 is 0 Å². The zero-order valence-electron chi connectivity index (χ0n) is 14.7. The summed E-state index contributed by atoms with van der Waals surface area (Å²) < 4.78 is 0. The largest absolute Gasteiger partial charge is 0.219 e. The summed E-state index contributed by atoms with van der Waals surface area (Å²) in [5, 5.41) is 13.6. The molecule has 1 N–H and O–H groups in total. The van der Waals surface area contributed by atoms with Gasteiger partial charge in [-0.05, 0) is 10.1 Å². The first kappa shape index (κ1) is 376. The molecule has 0 saturated heterocycles. The first-order chi connectivity index (χ1) is 2.41. The van der Waals surface area contributed by atoms with Gasteiger partial charge in [0, 0.05) is 580 Å². The topological polar surface area (TPSA) is 47.9 Å². The Morgan fingerprint density at radius 3 is 0.308 bits per heavy atom. The Labute approximate surface area is 593 Å². The van der Waals surface area contributed by atoms with E-state index < -0.39 is 0 Å². The van der Waals surface area contributed by atoms with Crippen LogP contribution in [0.2, 0.25) is 0 Å². The Morgan fingerprint density at radius 2 is 0.308 bits per heavy atom. The first-order valence-corrected chi connectivity index (χ1v) is 0.924. The maximum Gasteiger partial charge on any atom is 0.0745 e. The van der Waals surface area contributed by atoms with Crippen LogP contribution >= 0.6 is 0 Å². The summed E-state index contributed by atoms with van der Waals surface area (Å²) in [6.07, 6.45) is 0. The van der Waals surface area contributed by atoms with Crippen LogP contribution in [0.1, 0.15) is 0 Å². The van der Waals surface area contributed by atoms with Gasteiger partial charge in [0.25, 0.3) is 0 Å². The molecule has 0 aromatic carbocycles. The fourth-order valence-electron chi connectivity index (χ4n) is 0.0304. The van der Waals surface area contributed by atoms with Crippen LogP contribution in [-0.4, -0.2) is 12.4 Å². The van der Waals surface area contributed by atoms with Gasteiger partial charge in [-0.1, -0.05) is 0 Å². The van der Waals surface area contributed by atoms with Gasteiger partial charge >= 0.3 is 0 Å². The number of hydrogen-bond acceptors (Lipinski definition) is 4. The minimum Gasteiger partial charge on any atom is -0.219 e. The molecule has 0 aliphatic carbocycles. The molecule has 4 nitrogen and oxygen atoms in total. The minimum absolute atomic E-state index is 0. The van der Waals surface area contributed by atoms with Crippen LogP contribution in [0.4, 0.5) is 0 Å². The second-order valence-electron chi connectivity index (χ2n) is 0.309. The Hall–Kier alpha value is 17.5. The maximum absolute atomic E-state index is 7.22. The molecule has 0 aromatic heterocycles. The van der Waals surface area contributed by atoms with Crippen molar-refractivity contribution < 1.29 is 601 Å². The van der Waals surface area contributed by atoms with Crippen LogP contribution in [0.5, 0.6) is 0 Å². The molecule has 0 unspecified atom stereocenters. The zero-order valence-corrected chi connectivity index (χ0v) is 52.2. The summed E-state index contributed by atoms with van der Waals surface area (Å²) in [5.74, 6) is 0. The van der Waals surface area contributed by atoms with Crippen molar-refractivity contribution >= 4 is 0 Å². The van der Waals surface area contributed by atoms with Gasteiger partial charge in [-0.15, -0.1) is 0 Å². The molecule has 0 amide bonds. The molecule has 39 heavy (non-hydrogen) atoms. The second-order valence-corrected chi connectivity index (χ2v) is 0.309. The van der Waals surface area contributed by atoms with E-state index in [2.05, 4.69) is 15.0 Å². The molecule has 38 heteroatoms. The van der Waals surface area contributed by atoms with E-state index in [4.69, 9.17) is 5.26 Å². The molecule has 0 atom stereocenters. The normalized spacial score (nSPS) is 1.08. The fourth-order valence-corrected chi connectivity index (χ4v) is 0.0304. The molecule has 0 fully saturated rings. The number of hydrogen-bond donors (Lipinski definition) is 1. The van der Waals surface area contributed by atoms with Gasteiger partial charge in [-0.3, -0.25) is 0 Å². The van der Waals surface area contributed by atoms with Gasteiger partial charge < -0.3 is 0 Å². The molecular weight excluding hydrogens is 1970 g/mol. The summed E-state index contributed by atoms with van der Waals surface area (Å²) in [4.78, 5) is 3.72. The molecule has 0 radical (unpaired) electrons. The van der Waals surface area contributed by atoms with Crippen molar-refractivity contribution in [1.29, 1.82) is 0 Å². The Kier molecular flexibility index (Phi) is 3790. The van der Waals surface area contributed by atoms with Gasteiger partial charge in [0.05, 0.1) is 7.11 Å². The fraction of sp³-hybridized carbons (Fsp3) is 1.00. The van der Waals surface area contributed by atoms with Crippen molar-refractivity contribution in [1.82, 2.24) is 0 Å². The van der Waals surface area contributed by atoms with Crippen molar-refractivity contribution in [2.45, 2.75) is 0 Å². The molecule has 304 valence electrons. The Bertz CT molecular complexity index is 32.7. The molecule has 0 bridgehead atoms. The molecule has 0 rings (SSSR count). The van der Waals surface area contributed by atoms with Gasteiger partial charge in [0.1, 0.15) is 0 Å². The molecule has 0 spiro atoms. The van der Waals surface area contributed by atoms with Gasteiger partial charge in [0.2, 0.25) is 0 Å². The van der Waals surface area contributed by atoms with Crippen molar-refractivity contribution in [2.75, 3.05) is 7.11 Å². The summed E-state index contributed by atoms with van der Waals surface area (Å²) in [6, 6.07) is 0. The van der Waals surface area contributed by atoms with E-state index in [-0.39, 0.29) is 580 Å². The van der Waals surface area contributed by atoms with Crippen molar-refractivity contribution in [3.05, 3.63) is 0 Å². The summed E-state index contributed by atoms with van der Waals surface area (Å²) in [5.41, 5.74) is 0. The standard InChI is InChI=1S/CH4O4.34Fe/c1-3-5-4-2;;;;;;;;;;;;;;;;;;;;;;;;;;;;;;;;;;/h2H,1H3;;;;;;;;;;;;;;;;;;;;;;;;;;;;;;;;;;. The zero-order chi connectivity index (χ0) is 4.12. The van der Waals surface area contributed by atoms with Crippen LogP contribution in [0, 0.1) is 0 Å². The molecular formula is CH4Fe34O4. The molecule has 0 aromatic rings. The monoisotopic (exact) mass is 1980 g/mol. The third-order valence-electron chi connectivity index (χ3n) is 0.0985. The first-order valence-electron chi connectivity index (χ1n) is 0.924. The van der Waals surface area contributed by atoms with Gasteiger partial charge in [0.15, 0.2) is 0 Å². The third-order valence-corrected chi connectivity index (χ3v) is 0.0985. The average molecular weight is 1980 g/mol. The molecule has 0 heterocycles. The smallest absolute Gasteiger partial charge is 0.0745 e. The Morgan fingerprint density at radius 1 is 0.231 bits per heavy atom. The Balaban J connectivity index is -0.000000000143. The summed E-state index contributed by atoms with van der Waals surface area (Å²) >= 11 is 0. The van der Waals surface area contributed by atoms with E-state index in [0.29, 0.717) is 0 Å².